The molecule has 0 saturated heterocycles. The Morgan fingerprint density at radius 2 is 2.30 bits per heavy atom. The van der Waals surface area contributed by atoms with Crippen LogP contribution in [0.3, 0.4) is 0 Å². The molecule has 1 aromatic heterocycles. The zero-order valence-electron chi connectivity index (χ0n) is 10.8. The lowest BCUT2D eigenvalue weighted by molar-refractivity contribution is -0.384. The SMILES string of the molecule is Cc1ccc([N+](=O)[O-])cc1C(=O)NCCc1ncn[nH]1. The van der Waals surface area contributed by atoms with Gasteiger partial charge in [-0.2, -0.15) is 5.10 Å². The molecule has 1 aromatic carbocycles. The fraction of sp³-hybridized carbons (Fsp3) is 0.250. The molecule has 0 aliphatic heterocycles. The van der Waals surface area contributed by atoms with E-state index in [1.165, 1.54) is 18.5 Å². The molecule has 2 aromatic rings. The Labute approximate surface area is 114 Å². The van der Waals surface area contributed by atoms with E-state index in [1.807, 2.05) is 0 Å². The number of H-pyrrole nitrogens is 1. The summed E-state index contributed by atoms with van der Waals surface area (Å²) in [6, 6.07) is 4.21. The number of benzene rings is 1. The fourth-order valence-electron chi connectivity index (χ4n) is 1.71. The molecule has 20 heavy (non-hydrogen) atoms. The van der Waals surface area contributed by atoms with E-state index in [0.29, 0.717) is 29.9 Å². The van der Waals surface area contributed by atoms with Crippen molar-refractivity contribution in [1.82, 2.24) is 20.5 Å². The van der Waals surface area contributed by atoms with Crippen LogP contribution in [0.2, 0.25) is 0 Å². The summed E-state index contributed by atoms with van der Waals surface area (Å²) in [6.45, 7) is 2.10. The zero-order chi connectivity index (χ0) is 14.5. The van der Waals surface area contributed by atoms with E-state index in [1.54, 1.807) is 13.0 Å². The number of hydrogen-bond acceptors (Lipinski definition) is 5. The van der Waals surface area contributed by atoms with Crippen molar-refractivity contribution in [1.29, 1.82) is 0 Å². The third kappa shape index (κ3) is 3.16. The molecule has 0 atom stereocenters. The first-order chi connectivity index (χ1) is 9.58. The van der Waals surface area contributed by atoms with Gasteiger partial charge in [-0.1, -0.05) is 6.07 Å². The van der Waals surface area contributed by atoms with E-state index < -0.39 is 4.92 Å². The maximum absolute atomic E-state index is 12.0. The van der Waals surface area contributed by atoms with Gasteiger partial charge in [0.05, 0.1) is 4.92 Å². The Morgan fingerprint density at radius 3 is 2.95 bits per heavy atom. The molecule has 0 spiro atoms. The number of nitro groups is 1. The molecule has 0 radical (unpaired) electrons. The van der Waals surface area contributed by atoms with Crippen LogP contribution in [0.1, 0.15) is 21.7 Å². The average molecular weight is 275 g/mol. The van der Waals surface area contributed by atoms with Crippen molar-refractivity contribution < 1.29 is 9.72 Å². The third-order valence-electron chi connectivity index (χ3n) is 2.79. The number of amides is 1. The van der Waals surface area contributed by atoms with Crippen molar-refractivity contribution in [3.05, 3.63) is 51.6 Å². The Balaban J connectivity index is 2.01. The summed E-state index contributed by atoms with van der Waals surface area (Å²) < 4.78 is 0. The maximum atomic E-state index is 12.0. The van der Waals surface area contributed by atoms with E-state index >= 15 is 0 Å². The molecule has 8 nitrogen and oxygen atoms in total. The van der Waals surface area contributed by atoms with E-state index in [-0.39, 0.29) is 11.6 Å². The predicted molar refractivity (Wildman–Crippen MR) is 70.3 cm³/mol. The van der Waals surface area contributed by atoms with Crippen molar-refractivity contribution >= 4 is 11.6 Å². The number of nitro benzene ring substituents is 1. The normalized spacial score (nSPS) is 10.2. The third-order valence-corrected chi connectivity index (χ3v) is 2.79. The number of nitrogens with one attached hydrogen (secondary N) is 2. The van der Waals surface area contributed by atoms with Gasteiger partial charge >= 0.3 is 0 Å². The highest BCUT2D eigenvalue weighted by Crippen LogP contribution is 2.17. The van der Waals surface area contributed by atoms with Crippen molar-refractivity contribution in [3.8, 4) is 0 Å². The average Bonchev–Trinajstić information content (AvgIpc) is 2.92. The highest BCUT2D eigenvalue weighted by atomic mass is 16.6. The van der Waals surface area contributed by atoms with Crippen molar-refractivity contribution in [3.63, 3.8) is 0 Å². The smallest absolute Gasteiger partial charge is 0.270 e. The second-order valence-corrected chi connectivity index (χ2v) is 4.19. The number of carbonyl (C=O) groups excluding carboxylic acids is 1. The topological polar surface area (TPSA) is 114 Å². The lowest BCUT2D eigenvalue weighted by atomic mass is 10.1. The van der Waals surface area contributed by atoms with Crippen LogP contribution in [0, 0.1) is 17.0 Å². The standard InChI is InChI=1S/C12H13N5O3/c1-8-2-3-9(17(19)20)6-10(8)12(18)13-5-4-11-14-7-15-16-11/h2-3,6-7H,4-5H2,1H3,(H,13,18)(H,14,15,16). The molecule has 2 N–H and O–H groups in total. The predicted octanol–water partition coefficient (Wildman–Crippen LogP) is 0.994. The molecule has 0 fully saturated rings. The first-order valence-corrected chi connectivity index (χ1v) is 5.95. The number of aromatic amines is 1. The fourth-order valence-corrected chi connectivity index (χ4v) is 1.71. The molecular formula is C12H13N5O3. The van der Waals surface area contributed by atoms with E-state index in [2.05, 4.69) is 20.5 Å². The minimum Gasteiger partial charge on any atom is -0.352 e. The Hall–Kier alpha value is -2.77. The number of nitrogens with zero attached hydrogens (tertiary/aromatic N) is 3. The van der Waals surface area contributed by atoms with Gasteiger partial charge in [0.1, 0.15) is 12.2 Å². The molecule has 104 valence electrons. The molecule has 1 heterocycles. The van der Waals surface area contributed by atoms with Gasteiger partial charge in [0, 0.05) is 30.7 Å². The number of rotatable bonds is 5. The van der Waals surface area contributed by atoms with Crippen molar-refractivity contribution in [2.24, 2.45) is 0 Å². The summed E-state index contributed by atoms with van der Waals surface area (Å²) in [5.74, 6) is 0.326. The van der Waals surface area contributed by atoms with Gasteiger partial charge in [0.25, 0.3) is 11.6 Å². The summed E-state index contributed by atoms with van der Waals surface area (Å²) in [5, 5.41) is 19.8. The lowest BCUT2D eigenvalue weighted by Crippen LogP contribution is -2.26. The van der Waals surface area contributed by atoms with Crippen molar-refractivity contribution in [2.75, 3.05) is 6.54 Å². The number of carbonyl (C=O) groups is 1. The Kier molecular flexibility index (Phi) is 4.04. The second-order valence-electron chi connectivity index (χ2n) is 4.19. The summed E-state index contributed by atoms with van der Waals surface area (Å²) in [5.41, 5.74) is 0.889. The maximum Gasteiger partial charge on any atom is 0.270 e. The van der Waals surface area contributed by atoms with Gasteiger partial charge in [0.15, 0.2) is 0 Å². The molecule has 0 aliphatic carbocycles. The van der Waals surface area contributed by atoms with Crippen LogP contribution in [0.15, 0.2) is 24.5 Å². The first kappa shape index (κ1) is 13.7. The minimum absolute atomic E-state index is 0.101. The van der Waals surface area contributed by atoms with Crippen molar-refractivity contribution in [2.45, 2.75) is 13.3 Å². The van der Waals surface area contributed by atoms with Gasteiger partial charge in [-0.25, -0.2) is 4.98 Å². The van der Waals surface area contributed by atoms with Crippen LogP contribution < -0.4 is 5.32 Å². The Morgan fingerprint density at radius 1 is 1.50 bits per heavy atom. The summed E-state index contributed by atoms with van der Waals surface area (Å²) in [6.07, 6.45) is 1.90. The number of aryl methyl sites for hydroxylation is 1. The Bertz CT molecular complexity index is 624. The molecule has 0 unspecified atom stereocenters. The van der Waals surface area contributed by atoms with Gasteiger partial charge in [-0.15, -0.1) is 0 Å². The zero-order valence-corrected chi connectivity index (χ0v) is 10.8. The largest absolute Gasteiger partial charge is 0.352 e. The highest BCUT2D eigenvalue weighted by Gasteiger charge is 2.14. The minimum atomic E-state index is -0.523. The monoisotopic (exact) mass is 275 g/mol. The van der Waals surface area contributed by atoms with E-state index in [4.69, 9.17) is 0 Å². The molecule has 0 aliphatic rings. The molecule has 8 heteroatoms. The van der Waals surface area contributed by atoms with Crippen LogP contribution in [-0.4, -0.2) is 32.6 Å². The van der Waals surface area contributed by atoms with Gasteiger partial charge in [-0.05, 0) is 12.5 Å². The second kappa shape index (κ2) is 5.91. The van der Waals surface area contributed by atoms with Crippen LogP contribution in [0.5, 0.6) is 0 Å². The molecule has 2 rings (SSSR count). The highest BCUT2D eigenvalue weighted by molar-refractivity contribution is 5.96. The molecular weight excluding hydrogens is 262 g/mol. The van der Waals surface area contributed by atoms with E-state index in [9.17, 15) is 14.9 Å². The number of aromatic nitrogens is 3. The quantitative estimate of drug-likeness (QED) is 0.624. The van der Waals surface area contributed by atoms with Gasteiger partial charge in [0.2, 0.25) is 0 Å². The summed E-state index contributed by atoms with van der Waals surface area (Å²) >= 11 is 0. The lowest BCUT2D eigenvalue weighted by Gasteiger charge is -2.06. The van der Waals surface area contributed by atoms with Crippen LogP contribution in [-0.2, 0) is 6.42 Å². The summed E-state index contributed by atoms with van der Waals surface area (Å²) in [7, 11) is 0. The molecule has 0 bridgehead atoms. The van der Waals surface area contributed by atoms with Gasteiger partial charge < -0.3 is 5.32 Å². The molecule has 0 saturated carbocycles. The number of non-ortho nitro benzene ring substituents is 1. The van der Waals surface area contributed by atoms with Crippen LogP contribution in [0.25, 0.3) is 0 Å². The molecule has 1 amide bonds. The first-order valence-electron chi connectivity index (χ1n) is 5.95. The van der Waals surface area contributed by atoms with Crippen LogP contribution in [0.4, 0.5) is 5.69 Å². The van der Waals surface area contributed by atoms with Gasteiger partial charge in [-0.3, -0.25) is 20.0 Å². The summed E-state index contributed by atoms with van der Waals surface area (Å²) in [4.78, 5) is 26.1. The number of hydrogen-bond donors (Lipinski definition) is 2. The van der Waals surface area contributed by atoms with E-state index in [0.717, 1.165) is 0 Å². The van der Waals surface area contributed by atoms with Crippen LogP contribution >= 0.6 is 0 Å².